The van der Waals surface area contributed by atoms with E-state index in [0.29, 0.717) is 11.3 Å². The molecule has 44 heavy (non-hydrogen) atoms. The standard InChI is InChI=1S/C28H35ClFN4O9P/c1-4-40-44(38,41-5-2)42-18-22(35)14-21(34(3)27(36)31-16-20-12-9-13-23(30)26(20)29)17-39-28(37)32-25-15-24(33-43-25)19-10-7-6-8-11-19/h6-13,15,21-22,35H,4-5,14,16-18H2,1-3H3,(H,31,36)(H,32,37). The molecule has 0 saturated heterocycles. The van der Waals surface area contributed by atoms with E-state index in [0.717, 1.165) is 5.56 Å². The largest absolute Gasteiger partial charge is 0.474 e. The van der Waals surface area contributed by atoms with Crippen LogP contribution in [0.4, 0.5) is 19.9 Å². The van der Waals surface area contributed by atoms with Crippen molar-refractivity contribution in [1.29, 1.82) is 0 Å². The van der Waals surface area contributed by atoms with Crippen LogP contribution in [0.5, 0.6) is 0 Å². The number of phosphoric acid groups is 1. The van der Waals surface area contributed by atoms with Gasteiger partial charge in [0.15, 0.2) is 0 Å². The number of aliphatic hydroxyl groups is 1. The number of anilines is 1. The van der Waals surface area contributed by atoms with Crippen molar-refractivity contribution in [3.05, 3.63) is 71.0 Å². The summed E-state index contributed by atoms with van der Waals surface area (Å²) in [7, 11) is -2.50. The van der Waals surface area contributed by atoms with Gasteiger partial charge in [-0.25, -0.2) is 18.5 Å². The molecule has 16 heteroatoms. The summed E-state index contributed by atoms with van der Waals surface area (Å²) in [6, 6.07) is 13.3. The highest BCUT2D eigenvalue weighted by atomic mass is 35.5. The molecule has 0 aliphatic heterocycles. The molecule has 2 unspecified atom stereocenters. The van der Waals surface area contributed by atoms with E-state index in [1.807, 2.05) is 30.3 Å². The molecule has 0 spiro atoms. The maximum Gasteiger partial charge on any atom is 0.474 e. The van der Waals surface area contributed by atoms with Crippen molar-refractivity contribution in [3.8, 4) is 11.3 Å². The van der Waals surface area contributed by atoms with Crippen molar-refractivity contribution in [2.75, 3.05) is 38.8 Å². The first-order valence-electron chi connectivity index (χ1n) is 13.7. The Bertz CT molecular complexity index is 1400. The van der Waals surface area contributed by atoms with Gasteiger partial charge in [0.1, 0.15) is 18.1 Å². The predicted molar refractivity (Wildman–Crippen MR) is 160 cm³/mol. The minimum absolute atomic E-state index is 0.0273. The summed E-state index contributed by atoms with van der Waals surface area (Å²) in [6.45, 7) is 2.38. The van der Waals surface area contributed by atoms with E-state index in [1.54, 1.807) is 19.9 Å². The Morgan fingerprint density at radius 1 is 1.09 bits per heavy atom. The van der Waals surface area contributed by atoms with Crippen LogP contribution in [0, 0.1) is 5.82 Å². The highest BCUT2D eigenvalue weighted by Gasteiger charge is 2.30. The number of phosphoric ester groups is 1. The first kappa shape index (κ1) is 35.0. The molecule has 3 aromatic rings. The van der Waals surface area contributed by atoms with E-state index >= 15 is 0 Å². The Morgan fingerprint density at radius 2 is 1.80 bits per heavy atom. The number of nitrogens with one attached hydrogen (secondary N) is 2. The minimum atomic E-state index is -3.91. The number of carbonyl (C=O) groups excluding carboxylic acids is 2. The second-order valence-electron chi connectivity index (χ2n) is 9.27. The number of halogens is 2. The Labute approximate surface area is 259 Å². The highest BCUT2D eigenvalue weighted by Crippen LogP contribution is 2.49. The molecule has 0 bridgehead atoms. The van der Waals surface area contributed by atoms with Gasteiger partial charge in [0.05, 0.1) is 37.0 Å². The van der Waals surface area contributed by atoms with Crippen LogP contribution in [0.2, 0.25) is 5.02 Å². The lowest BCUT2D eigenvalue weighted by molar-refractivity contribution is 0.0353. The second kappa shape index (κ2) is 17.1. The van der Waals surface area contributed by atoms with Gasteiger partial charge in [0.25, 0.3) is 0 Å². The Kier molecular flexibility index (Phi) is 13.6. The molecule has 0 saturated carbocycles. The number of amides is 3. The molecule has 0 radical (unpaired) electrons. The molecular weight excluding hydrogens is 622 g/mol. The maximum absolute atomic E-state index is 13.8. The van der Waals surface area contributed by atoms with E-state index < -0.39 is 44.5 Å². The van der Waals surface area contributed by atoms with Crippen molar-refractivity contribution in [3.63, 3.8) is 0 Å². The van der Waals surface area contributed by atoms with Gasteiger partial charge < -0.3 is 24.6 Å². The van der Waals surface area contributed by atoms with Crippen molar-refractivity contribution in [1.82, 2.24) is 15.4 Å². The number of hydrogen-bond donors (Lipinski definition) is 3. The number of aromatic nitrogens is 1. The van der Waals surface area contributed by atoms with E-state index in [9.17, 15) is 23.7 Å². The van der Waals surface area contributed by atoms with Crippen molar-refractivity contribution >= 4 is 37.4 Å². The average Bonchev–Trinajstić information content (AvgIpc) is 3.47. The average molecular weight is 657 g/mol. The number of ether oxygens (including phenoxy) is 1. The first-order chi connectivity index (χ1) is 21.0. The van der Waals surface area contributed by atoms with Crippen LogP contribution in [0.25, 0.3) is 11.3 Å². The smallest absolute Gasteiger partial charge is 0.447 e. The maximum atomic E-state index is 13.8. The predicted octanol–water partition coefficient (Wildman–Crippen LogP) is 5.84. The minimum Gasteiger partial charge on any atom is -0.447 e. The van der Waals surface area contributed by atoms with Crippen molar-refractivity contribution in [2.24, 2.45) is 0 Å². The van der Waals surface area contributed by atoms with Crippen molar-refractivity contribution in [2.45, 2.75) is 39.0 Å². The van der Waals surface area contributed by atoms with Crippen molar-refractivity contribution < 1.29 is 46.5 Å². The molecule has 3 amide bonds. The normalized spacial score (nSPS) is 12.8. The summed E-state index contributed by atoms with van der Waals surface area (Å²) in [4.78, 5) is 26.8. The van der Waals surface area contributed by atoms with Gasteiger partial charge in [-0.2, -0.15) is 0 Å². The van der Waals surface area contributed by atoms with Gasteiger partial charge in [-0.1, -0.05) is 59.2 Å². The number of carbonyl (C=O) groups is 2. The number of urea groups is 1. The number of hydrogen-bond acceptors (Lipinski definition) is 10. The SMILES string of the molecule is CCOP(=O)(OCC)OCC(O)CC(COC(=O)Nc1cc(-c2ccccc2)no1)N(C)C(=O)NCc1cccc(F)c1Cl. The number of benzene rings is 2. The van der Waals surface area contributed by atoms with Crippen LogP contribution in [-0.2, 0) is 29.4 Å². The lowest BCUT2D eigenvalue weighted by Crippen LogP contribution is -2.47. The number of likely N-dealkylation sites (N-methyl/N-ethyl adjacent to an activating group) is 1. The molecule has 240 valence electrons. The van der Waals surface area contributed by atoms with E-state index in [1.165, 1.54) is 30.1 Å². The lowest BCUT2D eigenvalue weighted by Gasteiger charge is -2.30. The quantitative estimate of drug-likeness (QED) is 0.160. The molecular formula is C28H35ClFN4O9P. The third-order valence-electron chi connectivity index (χ3n) is 6.09. The van der Waals surface area contributed by atoms with Gasteiger partial charge in [-0.05, 0) is 31.9 Å². The highest BCUT2D eigenvalue weighted by molar-refractivity contribution is 7.48. The van der Waals surface area contributed by atoms with Crippen LogP contribution >= 0.6 is 19.4 Å². The summed E-state index contributed by atoms with van der Waals surface area (Å²) < 4.78 is 52.3. The van der Waals surface area contributed by atoms with E-state index in [2.05, 4.69) is 15.8 Å². The Hall–Kier alpha value is -3.52. The molecule has 3 rings (SSSR count). The first-order valence-corrected chi connectivity index (χ1v) is 15.5. The summed E-state index contributed by atoms with van der Waals surface area (Å²) in [5.41, 5.74) is 1.62. The fourth-order valence-corrected chi connectivity index (χ4v) is 5.26. The lowest BCUT2D eigenvalue weighted by atomic mass is 10.1. The van der Waals surface area contributed by atoms with E-state index in [-0.39, 0.29) is 43.7 Å². The topological polar surface area (TPSA) is 162 Å². The Morgan fingerprint density at radius 3 is 2.48 bits per heavy atom. The van der Waals surface area contributed by atoms with Crippen LogP contribution in [0.1, 0.15) is 25.8 Å². The zero-order valence-corrected chi connectivity index (χ0v) is 26.1. The van der Waals surface area contributed by atoms with Crippen LogP contribution < -0.4 is 10.6 Å². The monoisotopic (exact) mass is 656 g/mol. The molecule has 1 heterocycles. The molecule has 3 N–H and O–H groups in total. The van der Waals surface area contributed by atoms with Gasteiger partial charge in [-0.15, -0.1) is 0 Å². The fourth-order valence-electron chi connectivity index (χ4n) is 3.86. The Balaban J connectivity index is 1.65. The molecule has 1 aromatic heterocycles. The zero-order chi connectivity index (χ0) is 32.1. The van der Waals surface area contributed by atoms with Crippen LogP contribution in [0.3, 0.4) is 0 Å². The summed E-state index contributed by atoms with van der Waals surface area (Å²) >= 11 is 5.98. The van der Waals surface area contributed by atoms with Crippen LogP contribution in [0.15, 0.2) is 59.1 Å². The van der Waals surface area contributed by atoms with E-state index in [4.69, 9.17) is 34.4 Å². The molecule has 0 aliphatic carbocycles. The zero-order valence-electron chi connectivity index (χ0n) is 24.4. The third kappa shape index (κ3) is 10.6. The second-order valence-corrected chi connectivity index (χ2v) is 11.3. The molecule has 0 fully saturated rings. The molecule has 0 aliphatic rings. The summed E-state index contributed by atoms with van der Waals surface area (Å²) in [5, 5.41) is 19.5. The van der Waals surface area contributed by atoms with Gasteiger partial charge >= 0.3 is 19.9 Å². The molecule has 2 atom stereocenters. The molecule has 13 nitrogen and oxygen atoms in total. The van der Waals surface area contributed by atoms with Crippen LogP contribution in [-0.4, -0.2) is 72.9 Å². The van der Waals surface area contributed by atoms with Gasteiger partial charge in [-0.3, -0.25) is 18.9 Å². The molecule has 2 aromatic carbocycles. The fraction of sp³-hybridized carbons (Fsp3) is 0.393. The van der Waals surface area contributed by atoms with Gasteiger partial charge in [0, 0.05) is 25.2 Å². The number of aliphatic hydroxyl groups excluding tert-OH is 1. The summed E-state index contributed by atoms with van der Waals surface area (Å²) in [6.07, 6.45) is -2.36. The number of nitrogens with zero attached hydrogens (tertiary/aromatic N) is 2. The summed E-state index contributed by atoms with van der Waals surface area (Å²) in [5.74, 6) is -0.606. The number of rotatable bonds is 16. The van der Waals surface area contributed by atoms with Gasteiger partial charge in [0.2, 0.25) is 5.88 Å². The third-order valence-corrected chi connectivity index (χ3v) is 8.12.